The molecule has 0 unspecified atom stereocenters. The molecule has 1 aliphatic heterocycles. The van der Waals surface area contributed by atoms with Crippen molar-refractivity contribution in [3.63, 3.8) is 0 Å². The number of benzene rings is 1. The maximum Gasteiger partial charge on any atom is 0.321 e. The molecule has 1 saturated heterocycles. The van der Waals surface area contributed by atoms with E-state index in [0.717, 1.165) is 66.7 Å². The molecule has 2 aromatic rings. The summed E-state index contributed by atoms with van der Waals surface area (Å²) >= 11 is 2.19. The highest BCUT2D eigenvalue weighted by atomic mass is 127. The van der Waals surface area contributed by atoms with Gasteiger partial charge in [0.25, 0.3) is 0 Å². The second-order valence-electron chi connectivity index (χ2n) is 8.77. The van der Waals surface area contributed by atoms with Gasteiger partial charge in [0.15, 0.2) is 0 Å². The standard InChI is InChI=1S/C23H31IN8O2/c24-18-15-28-21(31-19(18)26-10-5-11-27-20(33)23(25)8-4-9-23)29-16-6-3-7-17(14-16)30-22(34)32-12-1-2-13-32/h3,6-7,14-15H,1-2,4-5,8-13,25H2,(H,27,33)(H,30,34)(H2,26,28,29,31). The van der Waals surface area contributed by atoms with Gasteiger partial charge in [-0.25, -0.2) is 9.78 Å². The molecule has 6 N–H and O–H groups in total. The first-order valence-electron chi connectivity index (χ1n) is 11.7. The Morgan fingerprint density at radius 3 is 2.62 bits per heavy atom. The van der Waals surface area contributed by atoms with Crippen molar-refractivity contribution >= 4 is 57.7 Å². The number of hydrogen-bond acceptors (Lipinski definition) is 7. The van der Waals surface area contributed by atoms with E-state index in [-0.39, 0.29) is 11.9 Å². The number of anilines is 4. The van der Waals surface area contributed by atoms with Gasteiger partial charge in [-0.3, -0.25) is 4.79 Å². The lowest BCUT2D eigenvalue weighted by molar-refractivity contribution is -0.129. The van der Waals surface area contributed by atoms with Crippen molar-refractivity contribution < 1.29 is 9.59 Å². The average molecular weight is 578 g/mol. The van der Waals surface area contributed by atoms with Crippen LogP contribution >= 0.6 is 22.6 Å². The Bertz CT molecular complexity index is 1020. The molecule has 2 heterocycles. The van der Waals surface area contributed by atoms with Crippen molar-refractivity contribution in [2.45, 2.75) is 44.1 Å². The first-order valence-corrected chi connectivity index (χ1v) is 12.8. The third-order valence-electron chi connectivity index (χ3n) is 6.14. The number of hydrogen-bond donors (Lipinski definition) is 5. The number of urea groups is 1. The Morgan fingerprint density at radius 2 is 1.88 bits per heavy atom. The zero-order valence-electron chi connectivity index (χ0n) is 19.1. The molecule has 2 fully saturated rings. The minimum atomic E-state index is -0.662. The lowest BCUT2D eigenvalue weighted by Gasteiger charge is -2.36. The van der Waals surface area contributed by atoms with Crippen LogP contribution in [0.25, 0.3) is 0 Å². The highest BCUT2D eigenvalue weighted by Crippen LogP contribution is 2.29. The third-order valence-corrected chi connectivity index (χ3v) is 6.93. The van der Waals surface area contributed by atoms with E-state index in [1.54, 1.807) is 6.20 Å². The minimum absolute atomic E-state index is 0.0549. The topological polar surface area (TPSA) is 137 Å². The monoisotopic (exact) mass is 578 g/mol. The van der Waals surface area contributed by atoms with Crippen LogP contribution < -0.4 is 27.0 Å². The number of likely N-dealkylation sites (tertiary alicyclic amines) is 1. The number of carbonyl (C=O) groups excluding carboxylic acids is 2. The van der Waals surface area contributed by atoms with Crippen molar-refractivity contribution in [3.05, 3.63) is 34.0 Å². The van der Waals surface area contributed by atoms with E-state index in [0.29, 0.717) is 24.7 Å². The maximum atomic E-state index is 12.3. The summed E-state index contributed by atoms with van der Waals surface area (Å²) in [6, 6.07) is 7.41. The quantitative estimate of drug-likeness (QED) is 0.228. The smallest absolute Gasteiger partial charge is 0.321 e. The molecule has 0 radical (unpaired) electrons. The Morgan fingerprint density at radius 1 is 1.12 bits per heavy atom. The largest absolute Gasteiger partial charge is 0.369 e. The summed E-state index contributed by atoms with van der Waals surface area (Å²) in [4.78, 5) is 35.2. The number of nitrogens with one attached hydrogen (secondary N) is 4. The van der Waals surface area contributed by atoms with Crippen LogP contribution in [0, 0.1) is 3.57 Å². The fraction of sp³-hybridized carbons (Fsp3) is 0.478. The summed E-state index contributed by atoms with van der Waals surface area (Å²) in [5, 5.41) is 12.4. The molecule has 4 rings (SSSR count). The minimum Gasteiger partial charge on any atom is -0.369 e. The molecule has 1 saturated carbocycles. The van der Waals surface area contributed by atoms with Gasteiger partial charge in [0.2, 0.25) is 11.9 Å². The van der Waals surface area contributed by atoms with Crippen molar-refractivity contribution in [2.75, 3.05) is 42.1 Å². The van der Waals surface area contributed by atoms with Crippen LogP contribution in [-0.4, -0.2) is 58.5 Å². The molecular formula is C23H31IN8O2. The van der Waals surface area contributed by atoms with Crippen molar-refractivity contribution in [1.29, 1.82) is 0 Å². The third kappa shape index (κ3) is 6.26. The lowest BCUT2D eigenvalue weighted by atomic mass is 9.77. The zero-order chi connectivity index (χ0) is 24.0. The number of aromatic nitrogens is 2. The van der Waals surface area contributed by atoms with Crippen LogP contribution in [0.1, 0.15) is 38.5 Å². The van der Waals surface area contributed by atoms with Crippen molar-refractivity contribution in [1.82, 2.24) is 20.2 Å². The van der Waals surface area contributed by atoms with Gasteiger partial charge in [-0.05, 0) is 79.3 Å². The van der Waals surface area contributed by atoms with E-state index in [2.05, 4.69) is 53.8 Å². The van der Waals surface area contributed by atoms with Gasteiger partial charge in [-0.2, -0.15) is 4.98 Å². The first kappa shape index (κ1) is 24.5. The number of halogens is 1. The molecule has 10 nitrogen and oxygen atoms in total. The molecule has 2 aliphatic rings. The fourth-order valence-electron chi connectivity index (χ4n) is 3.94. The normalized spacial score (nSPS) is 16.5. The van der Waals surface area contributed by atoms with E-state index >= 15 is 0 Å². The van der Waals surface area contributed by atoms with Crippen LogP contribution in [0.2, 0.25) is 0 Å². The zero-order valence-corrected chi connectivity index (χ0v) is 21.2. The second-order valence-corrected chi connectivity index (χ2v) is 9.93. The van der Waals surface area contributed by atoms with Gasteiger partial charge in [0.05, 0.1) is 9.11 Å². The van der Waals surface area contributed by atoms with Gasteiger partial charge >= 0.3 is 6.03 Å². The summed E-state index contributed by atoms with van der Waals surface area (Å²) in [6.07, 6.45) is 7.15. The van der Waals surface area contributed by atoms with E-state index < -0.39 is 5.54 Å². The van der Waals surface area contributed by atoms with Gasteiger partial charge < -0.3 is 31.9 Å². The van der Waals surface area contributed by atoms with Gasteiger partial charge in [-0.1, -0.05) is 6.07 Å². The summed E-state index contributed by atoms with van der Waals surface area (Å²) in [7, 11) is 0. The molecule has 1 aliphatic carbocycles. The molecule has 34 heavy (non-hydrogen) atoms. The molecule has 1 aromatic carbocycles. The summed E-state index contributed by atoms with van der Waals surface area (Å²) < 4.78 is 0.897. The highest BCUT2D eigenvalue weighted by molar-refractivity contribution is 14.1. The molecule has 1 aromatic heterocycles. The average Bonchev–Trinajstić information content (AvgIpc) is 3.34. The number of rotatable bonds is 9. The van der Waals surface area contributed by atoms with Gasteiger partial charge in [-0.15, -0.1) is 0 Å². The fourth-order valence-corrected chi connectivity index (χ4v) is 4.39. The lowest BCUT2D eigenvalue weighted by Crippen LogP contribution is -2.58. The van der Waals surface area contributed by atoms with Crippen LogP contribution in [-0.2, 0) is 4.79 Å². The van der Waals surface area contributed by atoms with Gasteiger partial charge in [0, 0.05) is 43.8 Å². The van der Waals surface area contributed by atoms with Crippen LogP contribution in [0.3, 0.4) is 0 Å². The van der Waals surface area contributed by atoms with E-state index in [1.807, 2.05) is 29.2 Å². The maximum absolute atomic E-state index is 12.3. The van der Waals surface area contributed by atoms with E-state index in [1.165, 1.54) is 0 Å². The second kappa shape index (κ2) is 11.2. The summed E-state index contributed by atoms with van der Waals surface area (Å²) in [5.41, 5.74) is 6.87. The number of nitrogens with zero attached hydrogens (tertiary/aromatic N) is 3. The molecule has 3 amide bonds. The van der Waals surface area contributed by atoms with Crippen LogP contribution in [0.5, 0.6) is 0 Å². The summed E-state index contributed by atoms with van der Waals surface area (Å²) in [5.74, 6) is 1.12. The van der Waals surface area contributed by atoms with Crippen molar-refractivity contribution in [3.8, 4) is 0 Å². The Kier molecular flexibility index (Phi) is 8.03. The predicted molar refractivity (Wildman–Crippen MR) is 141 cm³/mol. The van der Waals surface area contributed by atoms with Crippen molar-refractivity contribution in [2.24, 2.45) is 5.73 Å². The summed E-state index contributed by atoms with van der Waals surface area (Å²) in [6.45, 7) is 2.82. The number of carbonyl (C=O) groups is 2. The number of amides is 3. The van der Waals surface area contributed by atoms with E-state index in [9.17, 15) is 9.59 Å². The van der Waals surface area contributed by atoms with Crippen LogP contribution in [0.4, 0.5) is 27.9 Å². The van der Waals surface area contributed by atoms with Crippen LogP contribution in [0.15, 0.2) is 30.5 Å². The molecule has 0 atom stereocenters. The number of nitrogens with two attached hydrogens (primary N) is 1. The first-order chi connectivity index (χ1) is 16.4. The Balaban J connectivity index is 1.27. The highest BCUT2D eigenvalue weighted by Gasteiger charge is 2.39. The Labute approximate surface area is 213 Å². The molecule has 0 bridgehead atoms. The molecule has 0 spiro atoms. The SMILES string of the molecule is NC1(C(=O)NCCCNc2nc(Nc3cccc(NC(=O)N4CCCC4)c3)ncc2I)CCC1. The molecule has 11 heteroatoms. The molecular weight excluding hydrogens is 547 g/mol. The molecule has 182 valence electrons. The predicted octanol–water partition coefficient (Wildman–Crippen LogP) is 3.25. The van der Waals surface area contributed by atoms with Gasteiger partial charge in [0.1, 0.15) is 5.82 Å². The van der Waals surface area contributed by atoms with E-state index in [4.69, 9.17) is 5.73 Å². The Hall–Kier alpha value is -2.67.